The third-order valence-corrected chi connectivity index (χ3v) is 5.90. The lowest BCUT2D eigenvalue weighted by molar-refractivity contribution is -0.134. The van der Waals surface area contributed by atoms with Gasteiger partial charge < -0.3 is 10.1 Å². The molecule has 1 heterocycles. The second-order valence-electron chi connectivity index (χ2n) is 8.09. The van der Waals surface area contributed by atoms with Crippen molar-refractivity contribution in [3.63, 3.8) is 0 Å². The molecule has 0 aromatic heterocycles. The van der Waals surface area contributed by atoms with E-state index in [4.69, 9.17) is 4.74 Å². The van der Waals surface area contributed by atoms with Gasteiger partial charge in [-0.1, -0.05) is 26.0 Å². The Hall–Kier alpha value is -1.42. The molecule has 3 nitrogen and oxygen atoms in total. The average molecular weight is 333 g/mol. The van der Waals surface area contributed by atoms with Crippen LogP contribution in [-0.4, -0.2) is 25.7 Å². The van der Waals surface area contributed by atoms with Crippen LogP contribution in [-0.2, 0) is 16.0 Å². The van der Waals surface area contributed by atoms with Gasteiger partial charge in [-0.2, -0.15) is 0 Å². The summed E-state index contributed by atoms with van der Waals surface area (Å²) >= 11 is 0. The van der Waals surface area contributed by atoms with Crippen LogP contribution < -0.4 is 5.32 Å². The van der Waals surface area contributed by atoms with Crippen LogP contribution in [0.15, 0.2) is 24.3 Å². The van der Waals surface area contributed by atoms with Crippen molar-refractivity contribution in [2.24, 2.45) is 16.7 Å². The summed E-state index contributed by atoms with van der Waals surface area (Å²) in [5, 5.41) is 3.20. The Bertz CT molecular complexity index is 572. The standard InChI is InChI=1S/C20H28FNO2/c1-19(2,16-7-11-24-12-8-16)18(23)22-14-20(9-10-20)13-15-3-5-17(21)6-4-15/h3-6,16H,7-14H2,1-2H3,(H,22,23). The first-order chi connectivity index (χ1) is 11.4. The summed E-state index contributed by atoms with van der Waals surface area (Å²) in [4.78, 5) is 12.7. The minimum absolute atomic E-state index is 0.153. The Balaban J connectivity index is 1.54. The van der Waals surface area contributed by atoms with Crippen LogP contribution in [0.1, 0.15) is 45.1 Å². The molecule has 1 saturated heterocycles. The lowest BCUT2D eigenvalue weighted by Gasteiger charge is -2.36. The first-order valence-electron chi connectivity index (χ1n) is 9.02. The van der Waals surface area contributed by atoms with Crippen molar-refractivity contribution in [2.45, 2.75) is 46.0 Å². The van der Waals surface area contributed by atoms with Gasteiger partial charge in [0, 0.05) is 25.2 Å². The van der Waals surface area contributed by atoms with Gasteiger partial charge in [-0.25, -0.2) is 4.39 Å². The van der Waals surface area contributed by atoms with Gasteiger partial charge in [0.25, 0.3) is 0 Å². The van der Waals surface area contributed by atoms with E-state index in [-0.39, 0.29) is 22.6 Å². The molecule has 0 bridgehead atoms. The van der Waals surface area contributed by atoms with E-state index < -0.39 is 0 Å². The monoisotopic (exact) mass is 333 g/mol. The zero-order valence-corrected chi connectivity index (χ0v) is 14.7. The molecule has 1 aliphatic heterocycles. The third-order valence-electron chi connectivity index (χ3n) is 5.90. The van der Waals surface area contributed by atoms with Crippen LogP contribution in [0, 0.1) is 22.6 Å². The number of ether oxygens (including phenoxy) is 1. The second-order valence-corrected chi connectivity index (χ2v) is 8.09. The lowest BCUT2D eigenvalue weighted by Crippen LogP contribution is -2.45. The maximum Gasteiger partial charge on any atom is 0.225 e. The highest BCUT2D eigenvalue weighted by Gasteiger charge is 2.44. The molecule has 2 aliphatic rings. The van der Waals surface area contributed by atoms with Crippen LogP contribution in [0.4, 0.5) is 4.39 Å². The summed E-state index contributed by atoms with van der Waals surface area (Å²) in [7, 11) is 0. The first-order valence-corrected chi connectivity index (χ1v) is 9.02. The molecular weight excluding hydrogens is 305 g/mol. The van der Waals surface area contributed by atoms with Crippen LogP contribution in [0.25, 0.3) is 0 Å². The Kier molecular flexibility index (Phi) is 4.95. The van der Waals surface area contributed by atoms with Gasteiger partial charge in [0.2, 0.25) is 5.91 Å². The molecular formula is C20H28FNO2. The van der Waals surface area contributed by atoms with Gasteiger partial charge in [-0.3, -0.25) is 4.79 Å². The van der Waals surface area contributed by atoms with Crippen molar-refractivity contribution < 1.29 is 13.9 Å². The van der Waals surface area contributed by atoms with Gasteiger partial charge in [-0.15, -0.1) is 0 Å². The minimum Gasteiger partial charge on any atom is -0.381 e. The van der Waals surface area contributed by atoms with Gasteiger partial charge in [0.15, 0.2) is 0 Å². The Morgan fingerprint density at radius 1 is 1.25 bits per heavy atom. The smallest absolute Gasteiger partial charge is 0.225 e. The highest BCUT2D eigenvalue weighted by atomic mass is 19.1. The highest BCUT2D eigenvalue weighted by molar-refractivity contribution is 5.82. The van der Waals surface area contributed by atoms with Crippen molar-refractivity contribution in [3.8, 4) is 0 Å². The molecule has 4 heteroatoms. The Morgan fingerprint density at radius 3 is 2.46 bits per heavy atom. The van der Waals surface area contributed by atoms with E-state index in [0.717, 1.165) is 57.4 Å². The summed E-state index contributed by atoms with van der Waals surface area (Å²) in [6.45, 7) is 6.34. The molecule has 1 saturated carbocycles. The van der Waals surface area contributed by atoms with E-state index in [9.17, 15) is 9.18 Å². The summed E-state index contributed by atoms with van der Waals surface area (Å²) in [5.74, 6) is 0.341. The van der Waals surface area contributed by atoms with Crippen molar-refractivity contribution >= 4 is 5.91 Å². The largest absolute Gasteiger partial charge is 0.381 e. The van der Waals surface area contributed by atoms with Crippen LogP contribution in [0.3, 0.4) is 0 Å². The molecule has 1 N–H and O–H groups in total. The molecule has 1 amide bonds. The summed E-state index contributed by atoms with van der Waals surface area (Å²) in [6.07, 6.45) is 5.08. The molecule has 0 radical (unpaired) electrons. The van der Waals surface area contributed by atoms with Gasteiger partial charge in [-0.05, 0) is 61.1 Å². The number of benzene rings is 1. The number of amides is 1. The highest BCUT2D eigenvalue weighted by Crippen LogP contribution is 2.48. The molecule has 0 spiro atoms. The van der Waals surface area contributed by atoms with E-state index in [1.165, 1.54) is 12.1 Å². The molecule has 1 aromatic rings. The van der Waals surface area contributed by atoms with E-state index in [2.05, 4.69) is 19.2 Å². The van der Waals surface area contributed by atoms with Crippen molar-refractivity contribution in [1.29, 1.82) is 0 Å². The van der Waals surface area contributed by atoms with Gasteiger partial charge in [0.05, 0.1) is 0 Å². The second kappa shape index (κ2) is 6.83. The van der Waals surface area contributed by atoms with Crippen LogP contribution >= 0.6 is 0 Å². The number of carbonyl (C=O) groups excluding carboxylic acids is 1. The maximum absolute atomic E-state index is 13.0. The number of hydrogen-bond acceptors (Lipinski definition) is 2. The fourth-order valence-electron chi connectivity index (χ4n) is 3.73. The summed E-state index contributed by atoms with van der Waals surface area (Å²) < 4.78 is 18.4. The first kappa shape index (κ1) is 17.4. The van der Waals surface area contributed by atoms with Crippen molar-refractivity contribution in [2.75, 3.05) is 19.8 Å². The number of rotatable bonds is 6. The zero-order valence-electron chi connectivity index (χ0n) is 14.7. The summed E-state index contributed by atoms with van der Waals surface area (Å²) in [5.41, 5.74) is 0.960. The fraction of sp³-hybridized carbons (Fsp3) is 0.650. The minimum atomic E-state index is -0.351. The third kappa shape index (κ3) is 3.97. The van der Waals surface area contributed by atoms with E-state index in [0.29, 0.717) is 5.92 Å². The topological polar surface area (TPSA) is 38.3 Å². The Labute approximate surface area is 144 Å². The predicted octanol–water partition coefficient (Wildman–Crippen LogP) is 3.72. The summed E-state index contributed by atoms with van der Waals surface area (Å²) in [6, 6.07) is 6.73. The number of hydrogen-bond donors (Lipinski definition) is 1. The molecule has 3 rings (SSSR count). The molecule has 24 heavy (non-hydrogen) atoms. The zero-order chi connectivity index (χ0) is 17.2. The van der Waals surface area contributed by atoms with Crippen molar-refractivity contribution in [1.82, 2.24) is 5.32 Å². The number of halogens is 1. The molecule has 132 valence electrons. The Morgan fingerprint density at radius 2 is 1.88 bits per heavy atom. The lowest BCUT2D eigenvalue weighted by atomic mass is 9.74. The van der Waals surface area contributed by atoms with E-state index in [1.807, 2.05) is 12.1 Å². The van der Waals surface area contributed by atoms with Crippen LogP contribution in [0.2, 0.25) is 0 Å². The fourth-order valence-corrected chi connectivity index (χ4v) is 3.73. The molecule has 1 aliphatic carbocycles. The predicted molar refractivity (Wildman–Crippen MR) is 92.1 cm³/mol. The van der Waals surface area contributed by atoms with E-state index in [1.54, 1.807) is 0 Å². The SMILES string of the molecule is CC(C)(C(=O)NCC1(Cc2ccc(F)cc2)CC1)C1CCOCC1. The number of nitrogens with one attached hydrogen (secondary N) is 1. The van der Waals surface area contributed by atoms with Gasteiger partial charge in [0.1, 0.15) is 5.82 Å². The average Bonchev–Trinajstić information content (AvgIpc) is 3.35. The maximum atomic E-state index is 13.0. The molecule has 0 atom stereocenters. The van der Waals surface area contributed by atoms with E-state index >= 15 is 0 Å². The van der Waals surface area contributed by atoms with Crippen LogP contribution in [0.5, 0.6) is 0 Å². The number of carbonyl (C=O) groups is 1. The normalized spacial score (nSPS) is 20.6. The molecule has 2 fully saturated rings. The quantitative estimate of drug-likeness (QED) is 0.862. The molecule has 1 aromatic carbocycles. The van der Waals surface area contributed by atoms with Gasteiger partial charge >= 0.3 is 0 Å². The van der Waals surface area contributed by atoms with Crippen molar-refractivity contribution in [3.05, 3.63) is 35.6 Å². The molecule has 0 unspecified atom stereocenters.